The Labute approximate surface area is 177 Å². The first kappa shape index (κ1) is 21.8. The molecule has 3 amide bonds. The first-order chi connectivity index (χ1) is 14.3. The topological polar surface area (TPSA) is 125 Å². The maximum atomic E-state index is 13.2. The Bertz CT molecular complexity index is 940. The molecule has 6 N–H and O–H groups in total. The number of carbonyl (C=O) groups excluding carboxylic acids is 3. The highest BCUT2D eigenvalue weighted by Gasteiger charge is 2.35. The van der Waals surface area contributed by atoms with Gasteiger partial charge in [0.2, 0.25) is 11.8 Å². The minimum atomic E-state index is -0.961. The summed E-state index contributed by atoms with van der Waals surface area (Å²) in [6, 6.07) is 11.5. The Morgan fingerprint density at radius 3 is 2.60 bits per heavy atom. The van der Waals surface area contributed by atoms with Gasteiger partial charge in [0.25, 0.3) is 5.91 Å². The van der Waals surface area contributed by atoms with E-state index in [2.05, 4.69) is 21.3 Å². The summed E-state index contributed by atoms with van der Waals surface area (Å²) in [7, 11) is 0. The molecule has 2 aromatic rings. The van der Waals surface area contributed by atoms with Gasteiger partial charge in [-0.3, -0.25) is 19.7 Å². The molecule has 1 aliphatic heterocycles. The van der Waals surface area contributed by atoms with E-state index in [1.807, 2.05) is 6.92 Å². The Hall–Kier alpha value is -2.95. The molecule has 1 fully saturated rings. The van der Waals surface area contributed by atoms with Crippen LogP contribution in [0.1, 0.15) is 15.9 Å². The SMILES string of the molecule is Cc1ccc(C(=O)NC2C(=O)NC(SCC(=O)Nc3cccc(F)c3)NC2N)cc1. The number of halogens is 1. The lowest BCUT2D eigenvalue weighted by atomic mass is 10.1. The van der Waals surface area contributed by atoms with E-state index in [4.69, 9.17) is 5.73 Å². The molecule has 0 bridgehead atoms. The molecule has 1 aliphatic rings. The normalized spacial score (nSPS) is 20.9. The van der Waals surface area contributed by atoms with Crippen molar-refractivity contribution in [2.45, 2.75) is 24.6 Å². The molecule has 3 rings (SSSR count). The zero-order valence-electron chi connectivity index (χ0n) is 16.1. The van der Waals surface area contributed by atoms with Crippen molar-refractivity contribution in [3.8, 4) is 0 Å². The molecular weight excluding hydrogens is 409 g/mol. The van der Waals surface area contributed by atoms with Gasteiger partial charge in [-0.05, 0) is 37.3 Å². The number of nitrogens with one attached hydrogen (secondary N) is 4. The van der Waals surface area contributed by atoms with Crippen molar-refractivity contribution in [1.29, 1.82) is 0 Å². The molecule has 30 heavy (non-hydrogen) atoms. The fourth-order valence-electron chi connectivity index (χ4n) is 2.79. The summed E-state index contributed by atoms with van der Waals surface area (Å²) in [5, 5.41) is 10.8. The molecule has 158 valence electrons. The molecule has 1 heterocycles. The highest BCUT2D eigenvalue weighted by molar-refractivity contribution is 8.00. The average Bonchev–Trinajstić information content (AvgIpc) is 2.69. The molecule has 2 aromatic carbocycles. The number of hydrogen-bond acceptors (Lipinski definition) is 6. The van der Waals surface area contributed by atoms with Crippen molar-refractivity contribution in [2.75, 3.05) is 11.1 Å². The maximum Gasteiger partial charge on any atom is 0.252 e. The van der Waals surface area contributed by atoms with Gasteiger partial charge in [0, 0.05) is 11.3 Å². The van der Waals surface area contributed by atoms with Gasteiger partial charge in [0.1, 0.15) is 17.4 Å². The standard InChI is InChI=1S/C20H22FN5O3S/c1-11-5-7-12(8-6-11)18(28)24-16-17(22)25-20(26-19(16)29)30-10-15(27)23-14-4-2-3-13(21)9-14/h2-9,16-17,20,25H,10,22H2,1H3,(H,23,27)(H,24,28)(H,26,29). The molecule has 0 aliphatic carbocycles. The summed E-state index contributed by atoms with van der Waals surface area (Å²) in [5.74, 6) is -1.67. The van der Waals surface area contributed by atoms with Crippen LogP contribution in [0.2, 0.25) is 0 Å². The predicted molar refractivity (Wildman–Crippen MR) is 113 cm³/mol. The molecule has 3 atom stereocenters. The van der Waals surface area contributed by atoms with Crippen LogP contribution in [0.4, 0.5) is 10.1 Å². The van der Waals surface area contributed by atoms with Crippen LogP contribution in [0, 0.1) is 12.7 Å². The van der Waals surface area contributed by atoms with Gasteiger partial charge in [0.05, 0.1) is 11.9 Å². The number of rotatable bonds is 6. The van der Waals surface area contributed by atoms with Crippen LogP contribution in [0.25, 0.3) is 0 Å². The second kappa shape index (κ2) is 9.70. The van der Waals surface area contributed by atoms with Gasteiger partial charge in [-0.15, -0.1) is 11.8 Å². The number of benzene rings is 2. The van der Waals surface area contributed by atoms with E-state index in [1.165, 1.54) is 18.2 Å². The first-order valence-electron chi connectivity index (χ1n) is 9.18. The summed E-state index contributed by atoms with van der Waals surface area (Å²) < 4.78 is 13.2. The van der Waals surface area contributed by atoms with Crippen LogP contribution in [0.5, 0.6) is 0 Å². The third kappa shape index (κ3) is 5.78. The molecular formula is C20H22FN5O3S. The van der Waals surface area contributed by atoms with Crippen LogP contribution in [-0.2, 0) is 9.59 Å². The summed E-state index contributed by atoms with van der Waals surface area (Å²) in [6.07, 6.45) is -0.836. The number of aryl methyl sites for hydroxylation is 1. The Balaban J connectivity index is 1.49. The van der Waals surface area contributed by atoms with E-state index in [0.717, 1.165) is 17.3 Å². The fraction of sp³-hybridized carbons (Fsp3) is 0.250. The van der Waals surface area contributed by atoms with Crippen molar-refractivity contribution in [2.24, 2.45) is 5.73 Å². The van der Waals surface area contributed by atoms with Crippen LogP contribution in [0.3, 0.4) is 0 Å². The van der Waals surface area contributed by atoms with E-state index >= 15 is 0 Å². The Morgan fingerprint density at radius 1 is 1.20 bits per heavy atom. The van der Waals surface area contributed by atoms with E-state index in [1.54, 1.807) is 30.3 Å². The Kier molecular flexibility index (Phi) is 7.03. The number of thioether (sulfide) groups is 1. The molecule has 3 unspecified atom stereocenters. The van der Waals surface area contributed by atoms with Crippen molar-refractivity contribution in [3.05, 3.63) is 65.5 Å². The number of hydrogen-bond donors (Lipinski definition) is 5. The molecule has 1 saturated heterocycles. The van der Waals surface area contributed by atoms with Gasteiger partial charge < -0.3 is 21.7 Å². The average molecular weight is 431 g/mol. The molecule has 8 nitrogen and oxygen atoms in total. The zero-order valence-corrected chi connectivity index (χ0v) is 17.0. The lowest BCUT2D eigenvalue weighted by Gasteiger charge is -2.35. The van der Waals surface area contributed by atoms with E-state index in [-0.39, 0.29) is 11.7 Å². The molecule has 0 radical (unpaired) electrons. The molecule has 0 saturated carbocycles. The van der Waals surface area contributed by atoms with Crippen molar-refractivity contribution >= 4 is 35.2 Å². The van der Waals surface area contributed by atoms with E-state index in [0.29, 0.717) is 11.3 Å². The van der Waals surface area contributed by atoms with E-state index in [9.17, 15) is 18.8 Å². The van der Waals surface area contributed by atoms with Crippen molar-refractivity contribution in [3.63, 3.8) is 0 Å². The fourth-order valence-corrected chi connectivity index (χ4v) is 3.63. The number of nitrogens with two attached hydrogens (primary N) is 1. The second-order valence-electron chi connectivity index (χ2n) is 6.77. The summed E-state index contributed by atoms with van der Waals surface area (Å²) in [5.41, 5.74) is 7.18. The monoisotopic (exact) mass is 431 g/mol. The summed E-state index contributed by atoms with van der Waals surface area (Å²) in [4.78, 5) is 36.8. The van der Waals surface area contributed by atoms with Gasteiger partial charge in [-0.2, -0.15) is 0 Å². The zero-order chi connectivity index (χ0) is 21.7. The molecule has 10 heteroatoms. The van der Waals surface area contributed by atoms with Crippen LogP contribution < -0.4 is 27.0 Å². The molecule has 0 aromatic heterocycles. The van der Waals surface area contributed by atoms with E-state index < -0.39 is 35.3 Å². The van der Waals surface area contributed by atoms with Crippen LogP contribution >= 0.6 is 11.8 Å². The van der Waals surface area contributed by atoms with Crippen LogP contribution in [0.15, 0.2) is 48.5 Å². The summed E-state index contributed by atoms with van der Waals surface area (Å²) in [6.45, 7) is 1.91. The lowest BCUT2D eigenvalue weighted by Crippen LogP contribution is -2.70. The third-order valence-electron chi connectivity index (χ3n) is 4.35. The van der Waals surface area contributed by atoms with Crippen molar-refractivity contribution < 1.29 is 18.8 Å². The first-order valence-corrected chi connectivity index (χ1v) is 10.2. The maximum absolute atomic E-state index is 13.2. The quantitative estimate of drug-likeness (QED) is 0.463. The largest absolute Gasteiger partial charge is 0.338 e. The molecule has 0 spiro atoms. The van der Waals surface area contributed by atoms with Gasteiger partial charge in [0.15, 0.2) is 0 Å². The minimum absolute atomic E-state index is 0.00156. The number of anilines is 1. The predicted octanol–water partition coefficient (Wildman–Crippen LogP) is 0.892. The van der Waals surface area contributed by atoms with Gasteiger partial charge in [-0.1, -0.05) is 23.8 Å². The highest BCUT2D eigenvalue weighted by Crippen LogP contribution is 2.14. The number of carbonyl (C=O) groups is 3. The van der Waals surface area contributed by atoms with Crippen molar-refractivity contribution in [1.82, 2.24) is 16.0 Å². The minimum Gasteiger partial charge on any atom is -0.338 e. The van der Waals surface area contributed by atoms with Gasteiger partial charge >= 0.3 is 0 Å². The smallest absolute Gasteiger partial charge is 0.252 e. The second-order valence-corrected chi connectivity index (χ2v) is 7.86. The number of amides is 3. The highest BCUT2D eigenvalue weighted by atomic mass is 32.2. The lowest BCUT2D eigenvalue weighted by molar-refractivity contribution is -0.125. The Morgan fingerprint density at radius 2 is 1.93 bits per heavy atom. The van der Waals surface area contributed by atoms with Crippen LogP contribution in [-0.4, -0.2) is 41.2 Å². The third-order valence-corrected chi connectivity index (χ3v) is 5.36. The summed E-state index contributed by atoms with van der Waals surface area (Å²) >= 11 is 1.11. The van der Waals surface area contributed by atoms with Gasteiger partial charge in [-0.25, -0.2) is 4.39 Å².